The van der Waals surface area contributed by atoms with Crippen LogP contribution in [0.5, 0.6) is 0 Å². The zero-order valence-electron chi connectivity index (χ0n) is 7.97. The minimum Gasteiger partial charge on any atom is -0.274 e. The van der Waals surface area contributed by atoms with Crippen LogP contribution in [0.3, 0.4) is 0 Å². The molecule has 3 nitrogen and oxygen atoms in total. The van der Waals surface area contributed by atoms with Crippen molar-refractivity contribution >= 4 is 27.3 Å². The van der Waals surface area contributed by atoms with Gasteiger partial charge in [0.25, 0.3) is 0 Å². The number of sulfonamides is 1. The van der Waals surface area contributed by atoms with E-state index in [1.807, 2.05) is 0 Å². The quantitative estimate of drug-likeness (QED) is 0.900. The summed E-state index contributed by atoms with van der Waals surface area (Å²) in [6.07, 6.45) is 0. The number of benzene rings is 1. The zero-order valence-corrected chi connectivity index (χ0v) is 9.54. The van der Waals surface area contributed by atoms with Gasteiger partial charge in [0, 0.05) is 0 Å². The Balaban J connectivity index is 3.17. The standard InChI is InChI=1S/C8H7ClF3NO2S/c1-5-3-2-4-6(9)7(5)13-16(14,15)8(10,11)12/h2-4,13H,1H3. The van der Waals surface area contributed by atoms with Crippen molar-refractivity contribution in [3.8, 4) is 0 Å². The molecule has 1 rings (SSSR count). The van der Waals surface area contributed by atoms with E-state index in [2.05, 4.69) is 0 Å². The molecule has 0 amide bonds. The van der Waals surface area contributed by atoms with Crippen molar-refractivity contribution in [3.63, 3.8) is 0 Å². The molecule has 1 N–H and O–H groups in total. The van der Waals surface area contributed by atoms with Gasteiger partial charge in [-0.15, -0.1) is 0 Å². The Morgan fingerprint density at radius 1 is 1.31 bits per heavy atom. The first kappa shape index (κ1) is 13.1. The molecule has 16 heavy (non-hydrogen) atoms. The van der Waals surface area contributed by atoms with Crippen LogP contribution in [-0.4, -0.2) is 13.9 Å². The number of aryl methyl sites for hydroxylation is 1. The van der Waals surface area contributed by atoms with Crippen LogP contribution in [-0.2, 0) is 10.0 Å². The molecule has 0 saturated carbocycles. The number of hydrogen-bond donors (Lipinski definition) is 1. The Morgan fingerprint density at radius 3 is 2.31 bits per heavy atom. The van der Waals surface area contributed by atoms with Crippen molar-refractivity contribution in [1.82, 2.24) is 0 Å². The SMILES string of the molecule is Cc1cccc(Cl)c1NS(=O)(=O)C(F)(F)F. The molecule has 90 valence electrons. The topological polar surface area (TPSA) is 46.2 Å². The molecule has 0 aliphatic heterocycles. The van der Waals surface area contributed by atoms with Crippen molar-refractivity contribution in [2.45, 2.75) is 12.4 Å². The lowest BCUT2D eigenvalue weighted by atomic mass is 10.2. The van der Waals surface area contributed by atoms with Crippen LogP contribution >= 0.6 is 11.6 Å². The maximum Gasteiger partial charge on any atom is 0.516 e. The van der Waals surface area contributed by atoms with Crippen LogP contribution in [0.15, 0.2) is 18.2 Å². The maximum absolute atomic E-state index is 12.1. The first-order valence-electron chi connectivity index (χ1n) is 3.99. The average Bonchev–Trinajstić information content (AvgIpc) is 2.10. The van der Waals surface area contributed by atoms with Crippen molar-refractivity contribution in [2.75, 3.05) is 4.72 Å². The normalized spacial score (nSPS) is 12.6. The second kappa shape index (κ2) is 4.14. The van der Waals surface area contributed by atoms with Gasteiger partial charge in [0.05, 0.1) is 10.7 Å². The molecule has 1 aromatic carbocycles. The summed E-state index contributed by atoms with van der Waals surface area (Å²) >= 11 is 5.59. The molecule has 0 aliphatic carbocycles. The molecular weight excluding hydrogens is 267 g/mol. The highest BCUT2D eigenvalue weighted by atomic mass is 35.5. The molecule has 0 atom stereocenters. The van der Waals surface area contributed by atoms with Crippen LogP contribution in [0.25, 0.3) is 0 Å². The molecule has 0 fully saturated rings. The van der Waals surface area contributed by atoms with E-state index < -0.39 is 15.5 Å². The fourth-order valence-electron chi connectivity index (χ4n) is 0.953. The van der Waals surface area contributed by atoms with Crippen molar-refractivity contribution < 1.29 is 21.6 Å². The van der Waals surface area contributed by atoms with Gasteiger partial charge in [0.1, 0.15) is 0 Å². The first-order valence-corrected chi connectivity index (χ1v) is 5.85. The second-order valence-electron chi connectivity index (χ2n) is 2.98. The molecule has 0 saturated heterocycles. The highest BCUT2D eigenvalue weighted by Crippen LogP contribution is 2.31. The molecule has 0 radical (unpaired) electrons. The monoisotopic (exact) mass is 273 g/mol. The summed E-state index contributed by atoms with van der Waals surface area (Å²) < 4.78 is 59.3. The highest BCUT2D eigenvalue weighted by Gasteiger charge is 2.46. The van der Waals surface area contributed by atoms with E-state index in [9.17, 15) is 21.6 Å². The van der Waals surface area contributed by atoms with Gasteiger partial charge in [-0.25, -0.2) is 0 Å². The molecule has 0 spiro atoms. The number of alkyl halides is 3. The Kier molecular flexibility index (Phi) is 3.39. The first-order chi connectivity index (χ1) is 7.15. The maximum atomic E-state index is 12.1. The fraction of sp³-hybridized carbons (Fsp3) is 0.250. The lowest BCUT2D eigenvalue weighted by molar-refractivity contribution is -0.0429. The predicted octanol–water partition coefficient (Wildman–Crippen LogP) is 2.91. The van der Waals surface area contributed by atoms with E-state index in [4.69, 9.17) is 11.6 Å². The molecule has 8 heteroatoms. The summed E-state index contributed by atoms with van der Waals surface area (Å²) in [5, 5.41) is -0.0900. The molecule has 0 bridgehead atoms. The number of halogens is 4. The zero-order chi connectivity index (χ0) is 12.6. The summed E-state index contributed by atoms with van der Waals surface area (Å²) in [7, 11) is -5.43. The number of rotatable bonds is 2. The van der Waals surface area contributed by atoms with Crippen molar-refractivity contribution in [1.29, 1.82) is 0 Å². The van der Waals surface area contributed by atoms with Crippen LogP contribution in [0.2, 0.25) is 5.02 Å². The van der Waals surface area contributed by atoms with Gasteiger partial charge in [-0.05, 0) is 18.6 Å². The van der Waals surface area contributed by atoms with Crippen LogP contribution in [0, 0.1) is 6.92 Å². The van der Waals surface area contributed by atoms with Gasteiger partial charge in [0.15, 0.2) is 0 Å². The third-order valence-corrected chi connectivity index (χ3v) is 3.16. The molecule has 0 unspecified atom stereocenters. The second-order valence-corrected chi connectivity index (χ2v) is 5.06. The van der Waals surface area contributed by atoms with E-state index in [1.54, 1.807) is 0 Å². The lowest BCUT2D eigenvalue weighted by Crippen LogP contribution is -2.30. The van der Waals surface area contributed by atoms with E-state index >= 15 is 0 Å². The lowest BCUT2D eigenvalue weighted by Gasteiger charge is -2.13. The Labute approximate surface area is 95.3 Å². The molecule has 0 aromatic heterocycles. The van der Waals surface area contributed by atoms with Gasteiger partial charge in [-0.1, -0.05) is 23.7 Å². The Morgan fingerprint density at radius 2 is 1.88 bits per heavy atom. The van der Waals surface area contributed by atoms with E-state index in [1.165, 1.54) is 29.8 Å². The summed E-state index contributed by atoms with van der Waals surface area (Å²) in [5.41, 5.74) is -5.32. The molecular formula is C8H7ClF3NO2S. The summed E-state index contributed by atoms with van der Waals surface area (Å²) in [6.45, 7) is 1.44. The Hall–Kier alpha value is -0.950. The van der Waals surface area contributed by atoms with Gasteiger partial charge < -0.3 is 0 Å². The number of anilines is 1. The van der Waals surface area contributed by atoms with Crippen molar-refractivity contribution in [2.24, 2.45) is 0 Å². The summed E-state index contributed by atoms with van der Waals surface area (Å²) in [4.78, 5) is 0. The Bertz CT molecular complexity index is 478. The average molecular weight is 274 g/mol. The minimum absolute atomic E-state index is 0.0900. The third-order valence-electron chi connectivity index (χ3n) is 1.76. The van der Waals surface area contributed by atoms with Gasteiger partial charge in [-0.3, -0.25) is 4.72 Å². The fourth-order valence-corrected chi connectivity index (χ4v) is 1.93. The van der Waals surface area contributed by atoms with Crippen LogP contribution in [0.1, 0.15) is 5.56 Å². The van der Waals surface area contributed by atoms with Crippen LogP contribution < -0.4 is 4.72 Å². The van der Waals surface area contributed by atoms with Crippen molar-refractivity contribution in [3.05, 3.63) is 28.8 Å². The minimum atomic E-state index is -5.43. The van der Waals surface area contributed by atoms with Gasteiger partial charge in [0.2, 0.25) is 0 Å². The van der Waals surface area contributed by atoms with E-state index in [0.717, 1.165) is 0 Å². The van der Waals surface area contributed by atoms with Gasteiger partial charge in [-0.2, -0.15) is 21.6 Å². The number of para-hydroxylation sites is 1. The number of hydrogen-bond acceptors (Lipinski definition) is 2. The van der Waals surface area contributed by atoms with Gasteiger partial charge >= 0.3 is 15.5 Å². The van der Waals surface area contributed by atoms with Crippen LogP contribution in [0.4, 0.5) is 18.9 Å². The molecule has 0 aliphatic rings. The predicted molar refractivity (Wildman–Crippen MR) is 54.8 cm³/mol. The number of nitrogens with one attached hydrogen (secondary N) is 1. The largest absolute Gasteiger partial charge is 0.516 e. The molecule has 0 heterocycles. The van der Waals surface area contributed by atoms with E-state index in [-0.39, 0.29) is 10.7 Å². The summed E-state index contributed by atoms with van der Waals surface area (Å²) in [5.74, 6) is 0. The molecule has 1 aromatic rings. The smallest absolute Gasteiger partial charge is 0.274 e. The highest BCUT2D eigenvalue weighted by molar-refractivity contribution is 7.93. The van der Waals surface area contributed by atoms with E-state index in [0.29, 0.717) is 5.56 Å². The summed E-state index contributed by atoms with van der Waals surface area (Å²) in [6, 6.07) is 4.24. The third kappa shape index (κ3) is 2.59.